The van der Waals surface area contributed by atoms with Crippen LogP contribution in [0.3, 0.4) is 0 Å². The Morgan fingerprint density at radius 3 is 2.37 bits per heavy atom. The zero-order valence-electron chi connectivity index (χ0n) is 19.5. The topological polar surface area (TPSA) is 84.9 Å². The first kappa shape index (κ1) is 26.7. The monoisotopic (exact) mass is 536 g/mol. The van der Waals surface area contributed by atoms with E-state index >= 15 is 0 Å². The van der Waals surface area contributed by atoms with Crippen molar-refractivity contribution in [2.45, 2.75) is 19.8 Å². The Balaban J connectivity index is 1.67. The summed E-state index contributed by atoms with van der Waals surface area (Å²) in [7, 11) is -1.99. The van der Waals surface area contributed by atoms with Crippen molar-refractivity contribution >= 4 is 50.5 Å². The molecule has 7 nitrogen and oxygen atoms in total. The lowest BCUT2D eigenvalue weighted by molar-refractivity contribution is -0.116. The lowest BCUT2D eigenvalue weighted by Crippen LogP contribution is -2.32. The average molecular weight is 537 g/mol. The molecule has 0 aliphatic rings. The molecule has 0 aliphatic carbocycles. The molecule has 3 aromatic carbocycles. The predicted octanol–water partition coefficient (Wildman–Crippen LogP) is 6.29. The van der Waals surface area contributed by atoms with E-state index in [1.165, 1.54) is 4.31 Å². The molecule has 0 unspecified atom stereocenters. The molecule has 0 aliphatic heterocycles. The van der Waals surface area contributed by atoms with E-state index in [2.05, 4.69) is 5.32 Å². The van der Waals surface area contributed by atoms with Crippen LogP contribution in [-0.2, 0) is 14.8 Å². The first-order chi connectivity index (χ1) is 16.6. The molecule has 0 saturated carbocycles. The molecule has 35 heavy (non-hydrogen) atoms. The summed E-state index contributed by atoms with van der Waals surface area (Å²) in [5.41, 5.74) is 1.55. The second-order valence-electron chi connectivity index (χ2n) is 7.79. The van der Waals surface area contributed by atoms with E-state index < -0.39 is 10.0 Å². The van der Waals surface area contributed by atoms with Gasteiger partial charge in [-0.2, -0.15) is 0 Å². The van der Waals surface area contributed by atoms with Crippen molar-refractivity contribution in [2.75, 3.05) is 29.5 Å². The lowest BCUT2D eigenvalue weighted by atomic mass is 10.2. The standard InChI is InChI=1S/C25H26Cl2N2O5S/c1-17-21(27)6-4-7-23(17)29(35(3,31)32)15-5-8-25(30)28-22-16-18(26)9-14-24(22)34-20-12-10-19(33-2)11-13-20/h4,6-7,9-14,16H,5,8,15H2,1-3H3,(H,28,30). The summed E-state index contributed by atoms with van der Waals surface area (Å²) >= 11 is 12.3. The molecule has 0 aromatic heterocycles. The highest BCUT2D eigenvalue weighted by atomic mass is 35.5. The molecule has 0 heterocycles. The highest BCUT2D eigenvalue weighted by Crippen LogP contribution is 2.33. The number of carbonyl (C=O) groups is 1. The van der Waals surface area contributed by atoms with Crippen LogP contribution < -0.4 is 19.1 Å². The minimum Gasteiger partial charge on any atom is -0.497 e. The Morgan fingerprint density at radius 1 is 1.03 bits per heavy atom. The smallest absolute Gasteiger partial charge is 0.232 e. The van der Waals surface area contributed by atoms with E-state index in [1.807, 2.05) is 0 Å². The van der Waals surface area contributed by atoms with Crippen LogP contribution in [0.15, 0.2) is 60.7 Å². The molecule has 1 amide bonds. The van der Waals surface area contributed by atoms with Gasteiger partial charge >= 0.3 is 0 Å². The number of halogens is 2. The second-order valence-corrected chi connectivity index (χ2v) is 10.5. The highest BCUT2D eigenvalue weighted by Gasteiger charge is 2.20. The SMILES string of the molecule is COc1ccc(Oc2ccc(Cl)cc2NC(=O)CCCN(c2cccc(Cl)c2C)S(C)(=O)=O)cc1. The number of methoxy groups -OCH3 is 1. The number of nitrogens with zero attached hydrogens (tertiary/aromatic N) is 1. The number of rotatable bonds is 10. The van der Waals surface area contributed by atoms with E-state index in [1.54, 1.807) is 74.7 Å². The van der Waals surface area contributed by atoms with Crippen LogP contribution in [0.25, 0.3) is 0 Å². The molecular formula is C25H26Cl2N2O5S. The van der Waals surface area contributed by atoms with Crippen molar-refractivity contribution < 1.29 is 22.7 Å². The Kier molecular flexibility index (Phi) is 8.88. The van der Waals surface area contributed by atoms with E-state index in [0.717, 1.165) is 6.26 Å². The zero-order chi connectivity index (χ0) is 25.6. The van der Waals surface area contributed by atoms with Gasteiger partial charge in [0, 0.05) is 23.0 Å². The van der Waals surface area contributed by atoms with E-state index in [9.17, 15) is 13.2 Å². The van der Waals surface area contributed by atoms with Crippen LogP contribution in [-0.4, -0.2) is 34.2 Å². The van der Waals surface area contributed by atoms with Crippen molar-refractivity contribution in [3.8, 4) is 17.2 Å². The minimum absolute atomic E-state index is 0.0835. The molecule has 186 valence electrons. The summed E-state index contributed by atoms with van der Waals surface area (Å²) in [6.07, 6.45) is 1.50. The maximum absolute atomic E-state index is 12.7. The Bertz CT molecular complexity index is 1300. The van der Waals surface area contributed by atoms with Gasteiger partial charge in [-0.25, -0.2) is 8.42 Å². The van der Waals surface area contributed by atoms with Crippen LogP contribution >= 0.6 is 23.2 Å². The molecule has 0 fully saturated rings. The van der Waals surface area contributed by atoms with Gasteiger partial charge in [-0.05, 0) is 73.5 Å². The number of benzene rings is 3. The number of sulfonamides is 1. The molecule has 3 aromatic rings. The molecular weight excluding hydrogens is 511 g/mol. The Hall–Kier alpha value is -2.94. The number of nitrogens with one attached hydrogen (secondary N) is 1. The fraction of sp³-hybridized carbons (Fsp3) is 0.240. The van der Waals surface area contributed by atoms with Crippen molar-refractivity contribution in [2.24, 2.45) is 0 Å². The third-order valence-electron chi connectivity index (χ3n) is 5.18. The first-order valence-corrected chi connectivity index (χ1v) is 13.3. The molecule has 0 spiro atoms. The van der Waals surface area contributed by atoms with Crippen molar-refractivity contribution in [1.82, 2.24) is 0 Å². The third-order valence-corrected chi connectivity index (χ3v) is 7.00. The number of hydrogen-bond donors (Lipinski definition) is 1. The summed E-state index contributed by atoms with van der Waals surface area (Å²) in [4.78, 5) is 12.7. The normalized spacial score (nSPS) is 11.1. The number of carbonyl (C=O) groups excluding carboxylic acids is 1. The van der Waals surface area contributed by atoms with E-state index in [-0.39, 0.29) is 18.9 Å². The van der Waals surface area contributed by atoms with Crippen molar-refractivity contribution in [1.29, 1.82) is 0 Å². The summed E-state index contributed by atoms with van der Waals surface area (Å²) in [6.45, 7) is 1.88. The number of anilines is 2. The van der Waals surface area contributed by atoms with Gasteiger partial charge in [0.1, 0.15) is 11.5 Å². The molecule has 0 bridgehead atoms. The molecule has 0 atom stereocenters. The van der Waals surface area contributed by atoms with Gasteiger partial charge < -0.3 is 14.8 Å². The lowest BCUT2D eigenvalue weighted by Gasteiger charge is -2.24. The Labute approximate surface area is 215 Å². The van der Waals surface area contributed by atoms with Crippen LogP contribution in [0.5, 0.6) is 17.2 Å². The summed E-state index contributed by atoms with van der Waals surface area (Å²) in [6, 6.07) is 17.0. The molecule has 0 saturated heterocycles. The van der Waals surface area contributed by atoms with E-state index in [4.69, 9.17) is 32.7 Å². The minimum atomic E-state index is -3.57. The summed E-state index contributed by atoms with van der Waals surface area (Å²) < 4.78 is 37.1. The van der Waals surface area contributed by atoms with Gasteiger partial charge in [0.2, 0.25) is 15.9 Å². The zero-order valence-corrected chi connectivity index (χ0v) is 21.9. The summed E-state index contributed by atoms with van der Waals surface area (Å²) in [5, 5.41) is 3.71. The van der Waals surface area contributed by atoms with Crippen molar-refractivity contribution in [3.63, 3.8) is 0 Å². The van der Waals surface area contributed by atoms with Crippen molar-refractivity contribution in [3.05, 3.63) is 76.3 Å². The van der Waals surface area contributed by atoms with Gasteiger partial charge in [0.25, 0.3) is 0 Å². The molecule has 1 N–H and O–H groups in total. The van der Waals surface area contributed by atoms with Crippen LogP contribution in [0.1, 0.15) is 18.4 Å². The summed E-state index contributed by atoms with van der Waals surface area (Å²) in [5.74, 6) is 1.37. The largest absolute Gasteiger partial charge is 0.497 e. The van der Waals surface area contributed by atoms with Gasteiger partial charge in [-0.1, -0.05) is 29.3 Å². The average Bonchev–Trinajstić information content (AvgIpc) is 2.80. The fourth-order valence-corrected chi connectivity index (χ4v) is 4.74. The fourth-order valence-electron chi connectivity index (χ4n) is 3.39. The Morgan fingerprint density at radius 2 is 1.71 bits per heavy atom. The third kappa shape index (κ3) is 7.27. The first-order valence-electron chi connectivity index (χ1n) is 10.7. The van der Waals surface area contributed by atoms with Gasteiger partial charge in [0.05, 0.1) is 24.7 Å². The number of hydrogen-bond acceptors (Lipinski definition) is 5. The number of ether oxygens (including phenoxy) is 2. The van der Waals surface area contributed by atoms with Crippen LogP contribution in [0.4, 0.5) is 11.4 Å². The molecule has 3 rings (SSSR count). The maximum atomic E-state index is 12.7. The van der Waals surface area contributed by atoms with Gasteiger partial charge in [0.15, 0.2) is 5.75 Å². The van der Waals surface area contributed by atoms with Crippen LogP contribution in [0, 0.1) is 6.92 Å². The molecule has 10 heteroatoms. The second kappa shape index (κ2) is 11.7. The van der Waals surface area contributed by atoms with Gasteiger partial charge in [-0.15, -0.1) is 0 Å². The van der Waals surface area contributed by atoms with E-state index in [0.29, 0.717) is 50.7 Å². The quantitative estimate of drug-likeness (QED) is 0.329. The number of amides is 1. The predicted molar refractivity (Wildman–Crippen MR) is 141 cm³/mol. The molecule has 0 radical (unpaired) electrons. The van der Waals surface area contributed by atoms with Crippen LogP contribution in [0.2, 0.25) is 10.0 Å². The maximum Gasteiger partial charge on any atom is 0.232 e. The van der Waals surface area contributed by atoms with Gasteiger partial charge in [-0.3, -0.25) is 9.10 Å². The highest BCUT2D eigenvalue weighted by molar-refractivity contribution is 7.92.